The molecule has 0 saturated heterocycles. The zero-order chi connectivity index (χ0) is 12.3. The third-order valence-electron chi connectivity index (χ3n) is 2.68. The number of aromatic nitrogens is 1. The van der Waals surface area contributed by atoms with Gasteiger partial charge in [-0.05, 0) is 31.7 Å². The Bertz CT molecular complexity index is 496. The predicted octanol–water partition coefficient (Wildman–Crippen LogP) is 3.31. The molecule has 0 aliphatic heterocycles. The minimum Gasteiger partial charge on any atom is -0.444 e. The van der Waals surface area contributed by atoms with Gasteiger partial charge in [0.2, 0.25) is 0 Å². The summed E-state index contributed by atoms with van der Waals surface area (Å²) in [5.74, 6) is 1.62. The van der Waals surface area contributed by atoms with Crippen LogP contribution in [0, 0.1) is 0 Å². The molecule has 1 atom stereocenters. The maximum atomic E-state index is 5.69. The van der Waals surface area contributed by atoms with Crippen molar-refractivity contribution in [3.8, 4) is 0 Å². The summed E-state index contributed by atoms with van der Waals surface area (Å²) in [4.78, 5) is 4.29. The van der Waals surface area contributed by atoms with Crippen molar-refractivity contribution < 1.29 is 4.42 Å². The number of hydrogen-bond donors (Lipinski definition) is 1. The van der Waals surface area contributed by atoms with Crippen molar-refractivity contribution in [3.05, 3.63) is 52.1 Å². The Morgan fingerprint density at radius 2 is 2.29 bits per heavy atom. The molecule has 0 aliphatic rings. The molecule has 90 valence electrons. The SMILES string of the molecule is CNC(C)c1cnc(Cc2cccc(Br)c2)o1. The molecule has 0 aliphatic carbocycles. The smallest absolute Gasteiger partial charge is 0.198 e. The van der Waals surface area contributed by atoms with Crippen LogP contribution < -0.4 is 5.32 Å². The Kier molecular flexibility index (Phi) is 3.97. The third kappa shape index (κ3) is 3.17. The summed E-state index contributed by atoms with van der Waals surface area (Å²) in [6.07, 6.45) is 2.50. The van der Waals surface area contributed by atoms with E-state index in [0.717, 1.165) is 22.5 Å². The number of halogens is 1. The molecule has 1 N–H and O–H groups in total. The Hall–Kier alpha value is -1.13. The highest BCUT2D eigenvalue weighted by Crippen LogP contribution is 2.17. The Balaban J connectivity index is 2.11. The van der Waals surface area contributed by atoms with Gasteiger partial charge in [-0.1, -0.05) is 28.1 Å². The van der Waals surface area contributed by atoms with E-state index in [4.69, 9.17) is 4.42 Å². The molecule has 0 amide bonds. The number of hydrogen-bond acceptors (Lipinski definition) is 3. The molecule has 1 heterocycles. The zero-order valence-corrected chi connectivity index (χ0v) is 11.5. The first-order valence-electron chi connectivity index (χ1n) is 5.55. The highest BCUT2D eigenvalue weighted by atomic mass is 79.9. The van der Waals surface area contributed by atoms with Gasteiger partial charge in [-0.2, -0.15) is 0 Å². The first-order chi connectivity index (χ1) is 8.19. The Morgan fingerprint density at radius 3 is 3.00 bits per heavy atom. The van der Waals surface area contributed by atoms with E-state index in [1.807, 2.05) is 26.1 Å². The van der Waals surface area contributed by atoms with Gasteiger partial charge in [0.05, 0.1) is 12.2 Å². The van der Waals surface area contributed by atoms with E-state index in [2.05, 4.69) is 38.4 Å². The van der Waals surface area contributed by atoms with Crippen molar-refractivity contribution in [2.24, 2.45) is 0 Å². The maximum absolute atomic E-state index is 5.69. The van der Waals surface area contributed by atoms with Crippen LogP contribution in [-0.2, 0) is 6.42 Å². The van der Waals surface area contributed by atoms with E-state index < -0.39 is 0 Å². The van der Waals surface area contributed by atoms with Gasteiger partial charge in [0.1, 0.15) is 5.76 Å². The van der Waals surface area contributed by atoms with E-state index >= 15 is 0 Å². The molecule has 0 fully saturated rings. The second-order valence-corrected chi connectivity index (χ2v) is 4.89. The van der Waals surface area contributed by atoms with Gasteiger partial charge in [-0.15, -0.1) is 0 Å². The van der Waals surface area contributed by atoms with Crippen LogP contribution in [0.25, 0.3) is 0 Å². The summed E-state index contributed by atoms with van der Waals surface area (Å²) < 4.78 is 6.77. The van der Waals surface area contributed by atoms with Crippen LogP contribution in [0.2, 0.25) is 0 Å². The Morgan fingerprint density at radius 1 is 1.47 bits per heavy atom. The van der Waals surface area contributed by atoms with E-state index in [1.165, 1.54) is 5.56 Å². The van der Waals surface area contributed by atoms with E-state index in [0.29, 0.717) is 0 Å². The first kappa shape index (κ1) is 12.3. The fourth-order valence-corrected chi connectivity index (χ4v) is 2.02. The lowest BCUT2D eigenvalue weighted by molar-refractivity contribution is 0.420. The van der Waals surface area contributed by atoms with Crippen molar-refractivity contribution in [2.45, 2.75) is 19.4 Å². The number of nitrogens with one attached hydrogen (secondary N) is 1. The van der Waals surface area contributed by atoms with Gasteiger partial charge in [0.25, 0.3) is 0 Å². The predicted molar refractivity (Wildman–Crippen MR) is 70.9 cm³/mol. The van der Waals surface area contributed by atoms with Crippen molar-refractivity contribution >= 4 is 15.9 Å². The monoisotopic (exact) mass is 294 g/mol. The molecule has 1 aromatic carbocycles. The number of nitrogens with zero attached hydrogens (tertiary/aromatic N) is 1. The number of benzene rings is 1. The molecule has 17 heavy (non-hydrogen) atoms. The van der Waals surface area contributed by atoms with E-state index in [-0.39, 0.29) is 6.04 Å². The molecule has 1 unspecified atom stereocenters. The molecule has 2 aromatic rings. The largest absolute Gasteiger partial charge is 0.444 e. The normalized spacial score (nSPS) is 12.6. The molecule has 0 bridgehead atoms. The quantitative estimate of drug-likeness (QED) is 0.940. The maximum Gasteiger partial charge on any atom is 0.198 e. The minimum atomic E-state index is 0.193. The lowest BCUT2D eigenvalue weighted by atomic mass is 10.1. The number of oxazole rings is 1. The van der Waals surface area contributed by atoms with E-state index in [1.54, 1.807) is 6.20 Å². The average Bonchev–Trinajstić information content (AvgIpc) is 2.76. The second kappa shape index (κ2) is 5.47. The van der Waals surface area contributed by atoms with Crippen molar-refractivity contribution in [2.75, 3.05) is 7.05 Å². The van der Waals surface area contributed by atoms with Crippen LogP contribution in [0.15, 0.2) is 39.4 Å². The molecule has 0 radical (unpaired) electrons. The fourth-order valence-electron chi connectivity index (χ4n) is 1.57. The van der Waals surface area contributed by atoms with Gasteiger partial charge < -0.3 is 9.73 Å². The van der Waals surface area contributed by atoms with Crippen LogP contribution in [-0.4, -0.2) is 12.0 Å². The molecule has 0 spiro atoms. The van der Waals surface area contributed by atoms with Crippen LogP contribution in [0.3, 0.4) is 0 Å². The fraction of sp³-hybridized carbons (Fsp3) is 0.308. The summed E-state index contributed by atoms with van der Waals surface area (Å²) in [7, 11) is 1.90. The van der Waals surface area contributed by atoms with Gasteiger partial charge in [0, 0.05) is 10.9 Å². The number of rotatable bonds is 4. The Labute approximate surface area is 109 Å². The minimum absolute atomic E-state index is 0.193. The van der Waals surface area contributed by atoms with Crippen LogP contribution in [0.5, 0.6) is 0 Å². The molecule has 2 rings (SSSR count). The standard InChI is InChI=1S/C13H15BrN2O/c1-9(15-2)12-8-16-13(17-12)7-10-4-3-5-11(14)6-10/h3-6,8-9,15H,7H2,1-2H3. The molecular weight excluding hydrogens is 280 g/mol. The molecule has 1 aromatic heterocycles. The van der Waals surface area contributed by atoms with Crippen molar-refractivity contribution in [1.29, 1.82) is 0 Å². The van der Waals surface area contributed by atoms with Crippen LogP contribution >= 0.6 is 15.9 Å². The van der Waals surface area contributed by atoms with Crippen LogP contribution in [0.4, 0.5) is 0 Å². The molecule has 0 saturated carbocycles. The second-order valence-electron chi connectivity index (χ2n) is 3.97. The van der Waals surface area contributed by atoms with Crippen molar-refractivity contribution in [3.63, 3.8) is 0 Å². The van der Waals surface area contributed by atoms with Gasteiger partial charge in [-0.3, -0.25) is 0 Å². The summed E-state index contributed by atoms with van der Waals surface area (Å²) >= 11 is 3.45. The summed E-state index contributed by atoms with van der Waals surface area (Å²) in [5, 5.41) is 3.13. The summed E-state index contributed by atoms with van der Waals surface area (Å²) in [6.45, 7) is 2.05. The lowest BCUT2D eigenvalue weighted by Gasteiger charge is -2.04. The van der Waals surface area contributed by atoms with Crippen LogP contribution in [0.1, 0.15) is 30.2 Å². The molecular formula is C13H15BrN2O. The highest BCUT2D eigenvalue weighted by Gasteiger charge is 2.10. The molecule has 4 heteroatoms. The van der Waals surface area contributed by atoms with Gasteiger partial charge >= 0.3 is 0 Å². The van der Waals surface area contributed by atoms with Gasteiger partial charge in [-0.25, -0.2) is 4.98 Å². The third-order valence-corrected chi connectivity index (χ3v) is 3.17. The zero-order valence-electron chi connectivity index (χ0n) is 9.90. The van der Waals surface area contributed by atoms with Crippen molar-refractivity contribution in [1.82, 2.24) is 10.3 Å². The molecule has 3 nitrogen and oxygen atoms in total. The summed E-state index contributed by atoms with van der Waals surface area (Å²) in [6, 6.07) is 8.35. The summed E-state index contributed by atoms with van der Waals surface area (Å²) in [5.41, 5.74) is 1.19. The first-order valence-corrected chi connectivity index (χ1v) is 6.34. The topological polar surface area (TPSA) is 38.1 Å². The highest BCUT2D eigenvalue weighted by molar-refractivity contribution is 9.10. The van der Waals surface area contributed by atoms with Gasteiger partial charge in [0.15, 0.2) is 5.89 Å². The average molecular weight is 295 g/mol. The lowest BCUT2D eigenvalue weighted by Crippen LogP contribution is -2.11. The van der Waals surface area contributed by atoms with E-state index in [9.17, 15) is 0 Å².